The lowest BCUT2D eigenvalue weighted by Crippen LogP contribution is -2.17. The number of anilines is 1. The van der Waals surface area contributed by atoms with Gasteiger partial charge >= 0.3 is 0 Å². The molecule has 9 nitrogen and oxygen atoms in total. The third-order valence-corrected chi connectivity index (χ3v) is 5.16. The largest absolute Gasteiger partial charge is 0.389 e. The summed E-state index contributed by atoms with van der Waals surface area (Å²) in [6.45, 7) is 4.55. The van der Waals surface area contributed by atoms with E-state index in [9.17, 15) is 0 Å². The van der Waals surface area contributed by atoms with Crippen molar-refractivity contribution in [1.82, 2.24) is 30.0 Å². The van der Waals surface area contributed by atoms with Crippen LogP contribution in [0.25, 0.3) is 33.5 Å². The summed E-state index contributed by atoms with van der Waals surface area (Å²) in [4.78, 5) is 18.4. The minimum Gasteiger partial charge on any atom is -0.389 e. The predicted octanol–water partition coefficient (Wildman–Crippen LogP) is 3.09. The van der Waals surface area contributed by atoms with Gasteiger partial charge in [0.15, 0.2) is 0 Å². The molecule has 0 aliphatic rings. The molecule has 34 heavy (non-hydrogen) atoms. The van der Waals surface area contributed by atoms with Crippen LogP contribution < -0.4 is 16.8 Å². The fourth-order valence-electron chi connectivity index (χ4n) is 3.48. The topological polar surface area (TPSA) is 133 Å². The Balaban J connectivity index is 1.68. The van der Waals surface area contributed by atoms with Gasteiger partial charge in [-0.15, -0.1) is 0 Å². The third-order valence-electron chi connectivity index (χ3n) is 5.16. The monoisotopic (exact) mass is 455 g/mol. The maximum absolute atomic E-state index is 6.31. The van der Waals surface area contributed by atoms with Gasteiger partial charge in [0.05, 0.1) is 16.9 Å². The molecule has 0 radical (unpaired) electrons. The SMILES string of the molecule is CC(C)N/C=C\C(N)=NCCc1nc(-c2ccc3ncccc3c2)c(-c2ccn(C)n2)nc1N. The van der Waals surface area contributed by atoms with E-state index >= 15 is 0 Å². The highest BCUT2D eigenvalue weighted by atomic mass is 15.3. The summed E-state index contributed by atoms with van der Waals surface area (Å²) in [5.74, 6) is 0.796. The lowest BCUT2D eigenvalue weighted by molar-refractivity contribution is 0.703. The molecule has 0 aliphatic carbocycles. The zero-order valence-electron chi connectivity index (χ0n) is 19.6. The van der Waals surface area contributed by atoms with E-state index in [1.165, 1.54) is 0 Å². The first kappa shape index (κ1) is 22.9. The van der Waals surface area contributed by atoms with E-state index in [1.54, 1.807) is 23.2 Å². The van der Waals surface area contributed by atoms with Crippen LogP contribution in [0.15, 0.2) is 66.1 Å². The van der Waals surface area contributed by atoms with Crippen LogP contribution in [0.4, 0.5) is 5.82 Å². The Bertz CT molecular complexity index is 1350. The molecule has 0 bridgehead atoms. The Morgan fingerprint density at radius 3 is 2.79 bits per heavy atom. The second-order valence-corrected chi connectivity index (χ2v) is 8.25. The molecule has 0 unspecified atom stereocenters. The Hall–Kier alpha value is -4.27. The van der Waals surface area contributed by atoms with Crippen LogP contribution in [0.2, 0.25) is 0 Å². The van der Waals surface area contributed by atoms with E-state index in [-0.39, 0.29) is 0 Å². The number of nitrogen functional groups attached to an aromatic ring is 1. The first-order valence-electron chi connectivity index (χ1n) is 11.1. The minimum absolute atomic E-state index is 0.334. The number of rotatable bonds is 8. The van der Waals surface area contributed by atoms with Crippen molar-refractivity contribution in [1.29, 1.82) is 0 Å². The molecule has 4 aromatic rings. The van der Waals surface area contributed by atoms with Gasteiger partial charge < -0.3 is 16.8 Å². The number of fused-ring (bicyclic) bond motifs is 1. The van der Waals surface area contributed by atoms with Gasteiger partial charge in [-0.05, 0) is 44.2 Å². The minimum atomic E-state index is 0.334. The number of aryl methyl sites for hydroxylation is 1. The number of nitrogens with two attached hydrogens (primary N) is 2. The van der Waals surface area contributed by atoms with Crippen molar-refractivity contribution >= 4 is 22.6 Å². The molecular formula is C25H29N9. The van der Waals surface area contributed by atoms with Gasteiger partial charge in [-0.1, -0.05) is 12.1 Å². The second-order valence-electron chi connectivity index (χ2n) is 8.25. The van der Waals surface area contributed by atoms with Crippen LogP contribution in [0.1, 0.15) is 19.5 Å². The number of nitrogens with zero attached hydrogens (tertiary/aromatic N) is 6. The molecule has 0 atom stereocenters. The van der Waals surface area contributed by atoms with Crippen LogP contribution in [0.3, 0.4) is 0 Å². The summed E-state index contributed by atoms with van der Waals surface area (Å²) in [5, 5.41) is 8.70. The van der Waals surface area contributed by atoms with Crippen LogP contribution in [-0.4, -0.2) is 43.2 Å². The predicted molar refractivity (Wildman–Crippen MR) is 137 cm³/mol. The molecule has 5 N–H and O–H groups in total. The summed E-state index contributed by atoms with van der Waals surface area (Å²) in [7, 11) is 1.86. The zero-order chi connectivity index (χ0) is 24.1. The quantitative estimate of drug-likeness (QED) is 0.275. The van der Waals surface area contributed by atoms with Gasteiger partial charge in [-0.3, -0.25) is 14.7 Å². The highest BCUT2D eigenvalue weighted by Gasteiger charge is 2.17. The Morgan fingerprint density at radius 2 is 2.03 bits per heavy atom. The Kier molecular flexibility index (Phi) is 6.82. The highest BCUT2D eigenvalue weighted by molar-refractivity contribution is 5.91. The number of aliphatic imine (C=N–C) groups is 1. The van der Waals surface area contributed by atoms with Gasteiger partial charge in [-0.2, -0.15) is 5.10 Å². The van der Waals surface area contributed by atoms with Crippen molar-refractivity contribution in [3.05, 3.63) is 66.8 Å². The van der Waals surface area contributed by atoms with Crippen LogP contribution >= 0.6 is 0 Å². The van der Waals surface area contributed by atoms with E-state index in [0.717, 1.165) is 16.5 Å². The van der Waals surface area contributed by atoms with Crippen LogP contribution in [0.5, 0.6) is 0 Å². The molecule has 0 saturated carbocycles. The molecule has 0 saturated heterocycles. The Labute approximate surface area is 198 Å². The van der Waals surface area contributed by atoms with Crippen LogP contribution in [0, 0.1) is 0 Å². The van der Waals surface area contributed by atoms with Crippen molar-refractivity contribution in [2.75, 3.05) is 12.3 Å². The molecular weight excluding hydrogens is 426 g/mol. The molecule has 3 heterocycles. The maximum Gasteiger partial charge on any atom is 0.146 e. The molecule has 1 aromatic carbocycles. The summed E-state index contributed by atoms with van der Waals surface area (Å²) in [6, 6.07) is 12.2. The van der Waals surface area contributed by atoms with E-state index in [4.69, 9.17) is 21.4 Å². The van der Waals surface area contributed by atoms with Crippen molar-refractivity contribution in [2.45, 2.75) is 26.3 Å². The molecule has 4 rings (SSSR count). The smallest absolute Gasteiger partial charge is 0.146 e. The van der Waals surface area contributed by atoms with Gasteiger partial charge in [0.2, 0.25) is 0 Å². The van der Waals surface area contributed by atoms with Gasteiger partial charge in [0, 0.05) is 55.6 Å². The molecule has 9 heteroatoms. The summed E-state index contributed by atoms with van der Waals surface area (Å²) >= 11 is 0. The van der Waals surface area contributed by atoms with Crippen molar-refractivity contribution < 1.29 is 0 Å². The molecule has 174 valence electrons. The molecule has 0 spiro atoms. The average Bonchev–Trinajstić information content (AvgIpc) is 3.25. The van der Waals surface area contributed by atoms with E-state index < -0.39 is 0 Å². The standard InChI is InChI=1S/C25H29N9/c1-16(2)28-13-9-22(26)30-12-8-21-25(27)32-24(20-10-14-34(3)33-20)23(31-21)18-6-7-19-17(15-18)5-4-11-29-19/h4-7,9-11,13-16,28H,8,12H2,1-3H3,(H2,26,30)(H2,27,32)/b13-9-. The summed E-state index contributed by atoms with van der Waals surface area (Å²) in [6.07, 6.45) is 7.70. The van der Waals surface area contributed by atoms with Gasteiger partial charge in [0.1, 0.15) is 23.0 Å². The molecule has 0 fully saturated rings. The second kappa shape index (κ2) is 10.1. The number of nitrogens with one attached hydrogen (secondary N) is 1. The lowest BCUT2D eigenvalue weighted by Gasteiger charge is -2.12. The molecule has 0 amide bonds. The van der Waals surface area contributed by atoms with Crippen molar-refractivity contribution in [3.8, 4) is 22.6 Å². The zero-order valence-corrected chi connectivity index (χ0v) is 19.6. The highest BCUT2D eigenvalue weighted by Crippen LogP contribution is 2.31. The van der Waals surface area contributed by atoms with Gasteiger partial charge in [-0.25, -0.2) is 9.97 Å². The van der Waals surface area contributed by atoms with E-state index in [1.807, 2.05) is 43.6 Å². The van der Waals surface area contributed by atoms with Crippen LogP contribution in [-0.2, 0) is 13.5 Å². The average molecular weight is 456 g/mol. The van der Waals surface area contributed by atoms with Crippen molar-refractivity contribution in [3.63, 3.8) is 0 Å². The van der Waals surface area contributed by atoms with E-state index in [0.29, 0.717) is 53.4 Å². The summed E-state index contributed by atoms with van der Waals surface area (Å²) in [5.41, 5.74) is 16.8. The van der Waals surface area contributed by atoms with Gasteiger partial charge in [0.25, 0.3) is 0 Å². The molecule has 3 aromatic heterocycles. The number of pyridine rings is 1. The summed E-state index contributed by atoms with van der Waals surface area (Å²) < 4.78 is 1.73. The maximum atomic E-state index is 6.31. The number of amidine groups is 1. The molecule has 0 aliphatic heterocycles. The Morgan fingerprint density at radius 1 is 1.18 bits per heavy atom. The lowest BCUT2D eigenvalue weighted by atomic mass is 10.0. The number of benzene rings is 1. The number of aromatic nitrogens is 5. The fourth-order valence-corrected chi connectivity index (χ4v) is 3.48. The number of hydrogen-bond donors (Lipinski definition) is 3. The van der Waals surface area contributed by atoms with Crippen molar-refractivity contribution in [2.24, 2.45) is 17.8 Å². The third kappa shape index (κ3) is 5.37. The normalized spacial score (nSPS) is 12.2. The van der Waals surface area contributed by atoms with E-state index in [2.05, 4.69) is 40.3 Å². The fraction of sp³-hybridized carbons (Fsp3) is 0.240. The number of hydrogen-bond acceptors (Lipinski definition) is 7. The first-order valence-corrected chi connectivity index (χ1v) is 11.1. The first-order chi connectivity index (χ1) is 16.4.